The Morgan fingerprint density at radius 2 is 2.05 bits per heavy atom. The summed E-state index contributed by atoms with van der Waals surface area (Å²) in [7, 11) is 1.75. The number of hydrogen-bond donors (Lipinski definition) is 1. The third-order valence-corrected chi connectivity index (χ3v) is 3.30. The van der Waals surface area contributed by atoms with Gasteiger partial charge in [-0.3, -0.25) is 0 Å². The van der Waals surface area contributed by atoms with Gasteiger partial charge in [0.2, 0.25) is 0 Å². The van der Waals surface area contributed by atoms with Crippen molar-refractivity contribution in [2.24, 2.45) is 5.92 Å². The molecule has 0 aromatic rings. The number of aliphatic carboxylic acids is 1. The molecule has 0 rings (SSSR count). The van der Waals surface area contributed by atoms with Crippen LogP contribution in [0.4, 0.5) is 0 Å². The fourth-order valence-electron chi connectivity index (χ4n) is 1.83. The van der Waals surface area contributed by atoms with E-state index in [1.807, 2.05) is 6.08 Å². The first-order valence-electron chi connectivity index (χ1n) is 6.90. The Labute approximate surface area is 117 Å². The number of carboxylic acids is 1. The van der Waals surface area contributed by atoms with Crippen LogP contribution in [0.1, 0.15) is 53.4 Å². The fourth-order valence-corrected chi connectivity index (χ4v) is 1.83. The molecule has 0 saturated carbocycles. The summed E-state index contributed by atoms with van der Waals surface area (Å²) in [6, 6.07) is 0. The number of methoxy groups -OCH3 is 1. The molecule has 0 aromatic heterocycles. The summed E-state index contributed by atoms with van der Waals surface area (Å²) in [6.07, 6.45) is 9.53. The van der Waals surface area contributed by atoms with Crippen LogP contribution in [0.5, 0.6) is 0 Å². The number of rotatable bonds is 9. The quantitative estimate of drug-likeness (QED) is 0.503. The van der Waals surface area contributed by atoms with Crippen LogP contribution in [0.2, 0.25) is 0 Å². The van der Waals surface area contributed by atoms with Crippen LogP contribution < -0.4 is 0 Å². The van der Waals surface area contributed by atoms with Gasteiger partial charge in [-0.25, -0.2) is 4.79 Å². The van der Waals surface area contributed by atoms with Gasteiger partial charge >= 0.3 is 5.97 Å². The molecule has 0 aliphatic carbocycles. The number of allylic oxidation sites excluding steroid dienone is 3. The van der Waals surface area contributed by atoms with Gasteiger partial charge in [-0.05, 0) is 45.1 Å². The van der Waals surface area contributed by atoms with E-state index >= 15 is 0 Å². The molecule has 1 atom stereocenters. The molecule has 1 N–H and O–H groups in total. The normalized spacial score (nSPS) is 14.9. The van der Waals surface area contributed by atoms with E-state index < -0.39 is 5.97 Å². The van der Waals surface area contributed by atoms with Crippen molar-refractivity contribution in [1.82, 2.24) is 0 Å². The summed E-state index contributed by atoms with van der Waals surface area (Å²) >= 11 is 0. The molecule has 0 bridgehead atoms. The standard InChI is InChI=1S/C16H28O3/c1-13(10-7-11-16(3,4)19-5)8-6-9-14(2)12-15(17)18/h6,9,12-13H,7-8,10-11H2,1-5H3,(H,17,18)/b9-6+,14-12-/t13-/m1/s1. The second-order valence-electron chi connectivity index (χ2n) is 5.83. The first-order valence-corrected chi connectivity index (χ1v) is 6.90. The molecule has 19 heavy (non-hydrogen) atoms. The minimum atomic E-state index is -0.892. The zero-order valence-electron chi connectivity index (χ0n) is 12.9. The van der Waals surface area contributed by atoms with E-state index in [9.17, 15) is 4.79 Å². The maximum absolute atomic E-state index is 10.4. The van der Waals surface area contributed by atoms with Crippen LogP contribution in [-0.4, -0.2) is 23.8 Å². The molecule has 0 amide bonds. The lowest BCUT2D eigenvalue weighted by Gasteiger charge is -2.23. The first-order chi connectivity index (χ1) is 8.76. The van der Waals surface area contributed by atoms with Crippen LogP contribution in [0.25, 0.3) is 0 Å². The molecule has 0 spiro atoms. The van der Waals surface area contributed by atoms with E-state index in [0.29, 0.717) is 5.92 Å². The summed E-state index contributed by atoms with van der Waals surface area (Å²) in [5.41, 5.74) is 0.747. The molecule has 0 fully saturated rings. The van der Waals surface area contributed by atoms with Gasteiger partial charge in [-0.2, -0.15) is 0 Å². The van der Waals surface area contributed by atoms with E-state index in [1.54, 1.807) is 14.0 Å². The molecule has 110 valence electrons. The van der Waals surface area contributed by atoms with Crippen molar-refractivity contribution in [2.45, 2.75) is 59.0 Å². The summed E-state index contributed by atoms with van der Waals surface area (Å²) in [5, 5.41) is 8.59. The first kappa shape index (κ1) is 17.9. The average molecular weight is 268 g/mol. The van der Waals surface area contributed by atoms with E-state index in [4.69, 9.17) is 9.84 Å². The molecule has 3 heteroatoms. The van der Waals surface area contributed by atoms with Crippen LogP contribution in [0.3, 0.4) is 0 Å². The minimum absolute atomic E-state index is 0.0314. The zero-order chi connectivity index (χ0) is 14.9. The number of hydrogen-bond acceptors (Lipinski definition) is 2. The molecule has 0 saturated heterocycles. The van der Waals surface area contributed by atoms with Crippen molar-refractivity contribution >= 4 is 5.97 Å². The Hall–Kier alpha value is -1.09. The SMILES string of the molecule is COC(C)(C)CCC[C@H](C)C/C=C/C(C)=C\C(=O)O. The lowest BCUT2D eigenvalue weighted by atomic mass is 9.95. The van der Waals surface area contributed by atoms with Crippen molar-refractivity contribution in [3.63, 3.8) is 0 Å². The smallest absolute Gasteiger partial charge is 0.328 e. The average Bonchev–Trinajstić information content (AvgIpc) is 2.27. The van der Waals surface area contributed by atoms with Crippen molar-refractivity contribution in [3.8, 4) is 0 Å². The molecule has 0 aromatic carbocycles. The number of carboxylic acid groups (broad SMARTS) is 1. The molecule has 0 aliphatic heterocycles. The van der Waals surface area contributed by atoms with Crippen molar-refractivity contribution in [1.29, 1.82) is 0 Å². The maximum atomic E-state index is 10.4. The summed E-state index contributed by atoms with van der Waals surface area (Å²) in [6.45, 7) is 8.24. The molecule has 0 heterocycles. The third-order valence-electron chi connectivity index (χ3n) is 3.30. The second-order valence-corrected chi connectivity index (χ2v) is 5.83. The van der Waals surface area contributed by atoms with Gasteiger partial charge in [0.05, 0.1) is 5.60 Å². The third kappa shape index (κ3) is 10.5. The van der Waals surface area contributed by atoms with Gasteiger partial charge in [-0.15, -0.1) is 0 Å². The van der Waals surface area contributed by atoms with Crippen LogP contribution in [-0.2, 0) is 9.53 Å². The van der Waals surface area contributed by atoms with Crippen molar-refractivity contribution in [3.05, 3.63) is 23.8 Å². The second kappa shape index (κ2) is 8.92. The Morgan fingerprint density at radius 3 is 2.58 bits per heavy atom. The molecule has 0 unspecified atom stereocenters. The topological polar surface area (TPSA) is 46.5 Å². The highest BCUT2D eigenvalue weighted by Crippen LogP contribution is 2.20. The lowest BCUT2D eigenvalue weighted by Crippen LogP contribution is -2.22. The van der Waals surface area contributed by atoms with E-state index in [1.165, 1.54) is 12.5 Å². The van der Waals surface area contributed by atoms with Gasteiger partial charge in [0.1, 0.15) is 0 Å². The Kier molecular flexibility index (Phi) is 8.41. The summed E-state index contributed by atoms with van der Waals surface area (Å²) < 4.78 is 5.39. The summed E-state index contributed by atoms with van der Waals surface area (Å²) in [4.78, 5) is 10.4. The van der Waals surface area contributed by atoms with Gasteiger partial charge in [-0.1, -0.05) is 31.9 Å². The van der Waals surface area contributed by atoms with Crippen molar-refractivity contribution in [2.75, 3.05) is 7.11 Å². The molecule has 0 radical (unpaired) electrons. The molecule has 0 aliphatic rings. The Bertz CT molecular complexity index is 327. The number of ether oxygens (including phenoxy) is 1. The van der Waals surface area contributed by atoms with Gasteiger partial charge < -0.3 is 9.84 Å². The monoisotopic (exact) mass is 268 g/mol. The Balaban J connectivity index is 3.91. The zero-order valence-corrected chi connectivity index (χ0v) is 12.9. The Morgan fingerprint density at radius 1 is 1.42 bits per heavy atom. The molecule has 3 nitrogen and oxygen atoms in total. The maximum Gasteiger partial charge on any atom is 0.328 e. The van der Waals surface area contributed by atoms with E-state index in [-0.39, 0.29) is 5.60 Å². The van der Waals surface area contributed by atoms with Gasteiger partial charge in [0, 0.05) is 13.2 Å². The highest BCUT2D eigenvalue weighted by atomic mass is 16.5. The van der Waals surface area contributed by atoms with Crippen LogP contribution >= 0.6 is 0 Å². The van der Waals surface area contributed by atoms with Crippen LogP contribution in [0, 0.1) is 5.92 Å². The highest BCUT2D eigenvalue weighted by molar-refractivity contribution is 5.81. The fraction of sp³-hybridized carbons (Fsp3) is 0.688. The van der Waals surface area contributed by atoms with Gasteiger partial charge in [0.25, 0.3) is 0 Å². The van der Waals surface area contributed by atoms with Crippen LogP contribution in [0.15, 0.2) is 23.8 Å². The molecular weight excluding hydrogens is 240 g/mol. The van der Waals surface area contributed by atoms with Crippen molar-refractivity contribution < 1.29 is 14.6 Å². The predicted octanol–water partition coefficient (Wildman–Crippen LogP) is 4.20. The minimum Gasteiger partial charge on any atom is -0.478 e. The highest BCUT2D eigenvalue weighted by Gasteiger charge is 2.15. The lowest BCUT2D eigenvalue weighted by molar-refractivity contribution is -0.131. The number of carbonyl (C=O) groups is 1. The molecular formula is C16H28O3. The summed E-state index contributed by atoms with van der Waals surface area (Å²) in [5.74, 6) is -0.279. The van der Waals surface area contributed by atoms with E-state index in [0.717, 1.165) is 24.8 Å². The largest absolute Gasteiger partial charge is 0.478 e. The van der Waals surface area contributed by atoms with E-state index in [2.05, 4.69) is 26.8 Å². The predicted molar refractivity (Wildman–Crippen MR) is 79.3 cm³/mol. The van der Waals surface area contributed by atoms with Gasteiger partial charge in [0.15, 0.2) is 0 Å².